The molecule has 1 N–H and O–H groups in total. The van der Waals surface area contributed by atoms with Crippen LogP contribution in [0.15, 0.2) is 75.8 Å². The molecule has 7 heteroatoms. The van der Waals surface area contributed by atoms with E-state index in [1.807, 2.05) is 24.3 Å². The molecule has 144 valence electrons. The molecule has 0 aliphatic carbocycles. The van der Waals surface area contributed by atoms with Crippen LogP contribution in [0.3, 0.4) is 0 Å². The van der Waals surface area contributed by atoms with Crippen LogP contribution in [0.4, 0.5) is 5.69 Å². The van der Waals surface area contributed by atoms with E-state index in [1.54, 1.807) is 43.3 Å². The van der Waals surface area contributed by atoms with Crippen LogP contribution in [0.5, 0.6) is 0 Å². The number of carbonyl (C=O) groups is 2. The second-order valence-corrected chi connectivity index (χ2v) is 7.64. The number of rotatable bonds is 4. The van der Waals surface area contributed by atoms with Crippen LogP contribution in [0, 0.1) is 3.57 Å². The van der Waals surface area contributed by atoms with Crippen molar-refractivity contribution in [3.63, 3.8) is 0 Å². The number of carbonyl (C=O) groups excluding carboxylic acids is 1. The monoisotopic (exact) mass is 498 g/mol. The third-order valence-corrected chi connectivity index (χ3v) is 5.19. The number of hydrogen-bond donors (Lipinski definition) is 1. The van der Waals surface area contributed by atoms with E-state index in [0.717, 1.165) is 3.57 Å². The summed E-state index contributed by atoms with van der Waals surface area (Å²) in [6, 6.07) is 17.5. The Morgan fingerprint density at radius 1 is 1.10 bits per heavy atom. The van der Waals surface area contributed by atoms with Crippen molar-refractivity contribution < 1.29 is 19.1 Å². The fraction of sp³-hybridized carbons (Fsp3) is 0.0455. The number of furan rings is 1. The summed E-state index contributed by atoms with van der Waals surface area (Å²) < 4.78 is 6.88. The Bertz CT molecular complexity index is 1180. The molecule has 0 saturated heterocycles. The van der Waals surface area contributed by atoms with Crippen molar-refractivity contribution in [3.8, 4) is 11.3 Å². The molecule has 29 heavy (non-hydrogen) atoms. The van der Waals surface area contributed by atoms with E-state index in [1.165, 1.54) is 11.1 Å². The Kier molecular flexibility index (Phi) is 5.06. The summed E-state index contributed by atoms with van der Waals surface area (Å²) >= 11 is 2.20. The number of nitrogens with zero attached hydrogens (tertiary/aromatic N) is 2. The van der Waals surface area contributed by atoms with Crippen LogP contribution in [-0.2, 0) is 4.79 Å². The summed E-state index contributed by atoms with van der Waals surface area (Å²) in [5, 5.41) is 15.1. The number of benzene rings is 2. The molecule has 0 spiro atoms. The molecule has 0 bridgehead atoms. The average Bonchev–Trinajstić information content (AvgIpc) is 3.29. The normalized spacial score (nSPS) is 15.1. The smallest absolute Gasteiger partial charge is 0.336 e. The van der Waals surface area contributed by atoms with Gasteiger partial charge < -0.3 is 9.52 Å². The average molecular weight is 498 g/mol. The molecule has 1 aromatic heterocycles. The fourth-order valence-electron chi connectivity index (χ4n) is 3.04. The van der Waals surface area contributed by atoms with Crippen molar-refractivity contribution in [1.29, 1.82) is 0 Å². The second-order valence-electron chi connectivity index (χ2n) is 6.39. The first-order valence-corrected chi connectivity index (χ1v) is 9.82. The van der Waals surface area contributed by atoms with Crippen LogP contribution in [0.25, 0.3) is 17.4 Å². The van der Waals surface area contributed by atoms with Crippen molar-refractivity contribution in [2.24, 2.45) is 5.10 Å². The molecular weight excluding hydrogens is 483 g/mol. The van der Waals surface area contributed by atoms with Gasteiger partial charge in [0.05, 0.1) is 22.5 Å². The topological polar surface area (TPSA) is 83.1 Å². The molecule has 6 nitrogen and oxygen atoms in total. The minimum absolute atomic E-state index is 0.153. The first-order valence-electron chi connectivity index (χ1n) is 8.74. The summed E-state index contributed by atoms with van der Waals surface area (Å²) in [6.07, 6.45) is 1.63. The zero-order chi connectivity index (χ0) is 20.5. The van der Waals surface area contributed by atoms with Crippen LogP contribution in [0.1, 0.15) is 23.0 Å². The molecule has 0 unspecified atom stereocenters. The van der Waals surface area contributed by atoms with Gasteiger partial charge in [0.2, 0.25) is 0 Å². The Labute approximate surface area is 180 Å². The zero-order valence-electron chi connectivity index (χ0n) is 15.3. The standard InChI is InChI=1S/C22H15IN2O4/c1-13-19(21(26)25(24-13)15-8-6-14(23)7-9-15)12-16-10-11-20(29-16)17-4-2-3-5-18(17)22(27)28/h2-12H,1H3,(H,27,28)/b19-12-. The quantitative estimate of drug-likeness (QED) is 0.403. The molecule has 1 aliphatic heterocycles. The maximum Gasteiger partial charge on any atom is 0.336 e. The Morgan fingerprint density at radius 2 is 1.83 bits per heavy atom. The first-order chi connectivity index (χ1) is 13.9. The fourth-order valence-corrected chi connectivity index (χ4v) is 3.40. The third kappa shape index (κ3) is 3.73. The number of carboxylic acids is 1. The number of carboxylic acid groups (broad SMARTS) is 1. The highest BCUT2D eigenvalue weighted by molar-refractivity contribution is 14.1. The van der Waals surface area contributed by atoms with Gasteiger partial charge in [-0.2, -0.15) is 10.1 Å². The van der Waals surface area contributed by atoms with E-state index < -0.39 is 5.97 Å². The molecule has 2 aromatic carbocycles. The minimum Gasteiger partial charge on any atom is -0.478 e. The number of hydrogen-bond acceptors (Lipinski definition) is 4. The SMILES string of the molecule is CC1=NN(c2ccc(I)cc2)C(=O)/C1=C\c1ccc(-c2ccccc2C(=O)O)o1. The highest BCUT2D eigenvalue weighted by Crippen LogP contribution is 2.29. The van der Waals surface area contributed by atoms with Crippen LogP contribution in [0.2, 0.25) is 0 Å². The first kappa shape index (κ1) is 19.1. The zero-order valence-corrected chi connectivity index (χ0v) is 17.5. The molecule has 1 aliphatic rings. The van der Waals surface area contributed by atoms with Crippen LogP contribution >= 0.6 is 22.6 Å². The predicted molar refractivity (Wildman–Crippen MR) is 119 cm³/mol. The lowest BCUT2D eigenvalue weighted by Gasteiger charge is -2.11. The Balaban J connectivity index is 1.65. The number of hydrazone groups is 1. The van der Waals surface area contributed by atoms with E-state index in [4.69, 9.17) is 4.42 Å². The van der Waals surface area contributed by atoms with Gasteiger partial charge in [-0.05, 0) is 78.1 Å². The molecule has 2 heterocycles. The van der Waals surface area contributed by atoms with E-state index in [2.05, 4.69) is 27.7 Å². The van der Waals surface area contributed by atoms with E-state index in [0.29, 0.717) is 34.1 Å². The second kappa shape index (κ2) is 7.67. The van der Waals surface area contributed by atoms with E-state index in [-0.39, 0.29) is 11.5 Å². The van der Waals surface area contributed by atoms with Gasteiger partial charge in [-0.15, -0.1) is 0 Å². The molecule has 0 radical (unpaired) electrons. The summed E-state index contributed by atoms with van der Waals surface area (Å²) in [5.74, 6) is -0.404. The highest BCUT2D eigenvalue weighted by Gasteiger charge is 2.29. The van der Waals surface area contributed by atoms with Gasteiger partial charge in [-0.3, -0.25) is 4.79 Å². The van der Waals surface area contributed by atoms with Gasteiger partial charge in [0.25, 0.3) is 5.91 Å². The number of halogens is 1. The lowest BCUT2D eigenvalue weighted by Crippen LogP contribution is -2.21. The number of amides is 1. The van der Waals surface area contributed by atoms with Crippen LogP contribution in [-0.4, -0.2) is 22.7 Å². The highest BCUT2D eigenvalue weighted by atomic mass is 127. The van der Waals surface area contributed by atoms with Gasteiger partial charge in [0.1, 0.15) is 11.5 Å². The van der Waals surface area contributed by atoms with Crippen molar-refractivity contribution in [2.45, 2.75) is 6.92 Å². The van der Waals surface area contributed by atoms with E-state index in [9.17, 15) is 14.7 Å². The number of aromatic carboxylic acids is 1. The molecule has 0 saturated carbocycles. The Morgan fingerprint density at radius 3 is 2.55 bits per heavy atom. The van der Waals surface area contributed by atoms with Gasteiger partial charge in [-0.25, -0.2) is 4.79 Å². The molecule has 3 aromatic rings. The lowest BCUT2D eigenvalue weighted by molar-refractivity contribution is -0.114. The molecule has 1 amide bonds. The molecule has 0 fully saturated rings. The predicted octanol–water partition coefficient (Wildman–Crippen LogP) is 5.06. The van der Waals surface area contributed by atoms with Crippen LogP contribution < -0.4 is 5.01 Å². The maximum atomic E-state index is 12.8. The third-order valence-electron chi connectivity index (χ3n) is 4.47. The van der Waals surface area contributed by atoms with Crippen molar-refractivity contribution in [1.82, 2.24) is 0 Å². The van der Waals surface area contributed by atoms with Crippen molar-refractivity contribution in [3.05, 3.63) is 81.1 Å². The summed E-state index contributed by atoms with van der Waals surface area (Å²) in [7, 11) is 0. The van der Waals surface area contributed by atoms with Gasteiger partial charge in [-0.1, -0.05) is 18.2 Å². The maximum absolute atomic E-state index is 12.8. The van der Waals surface area contributed by atoms with Crippen molar-refractivity contribution >= 4 is 51.9 Å². The van der Waals surface area contributed by atoms with E-state index >= 15 is 0 Å². The lowest BCUT2D eigenvalue weighted by atomic mass is 10.1. The van der Waals surface area contributed by atoms with Gasteiger partial charge >= 0.3 is 5.97 Å². The summed E-state index contributed by atoms with van der Waals surface area (Å²) in [6.45, 7) is 1.76. The van der Waals surface area contributed by atoms with Crippen molar-refractivity contribution in [2.75, 3.05) is 5.01 Å². The molecule has 0 atom stereocenters. The summed E-state index contributed by atoms with van der Waals surface area (Å²) in [5.41, 5.74) is 2.33. The minimum atomic E-state index is -1.03. The largest absolute Gasteiger partial charge is 0.478 e. The Hall–Kier alpha value is -3.20. The van der Waals surface area contributed by atoms with Gasteiger partial charge in [0, 0.05) is 9.13 Å². The summed E-state index contributed by atoms with van der Waals surface area (Å²) in [4.78, 5) is 24.3. The molecular formula is C22H15IN2O4. The van der Waals surface area contributed by atoms with Gasteiger partial charge in [0.15, 0.2) is 0 Å². The number of anilines is 1. The molecule has 4 rings (SSSR count).